The van der Waals surface area contributed by atoms with Gasteiger partial charge in [0.25, 0.3) is 0 Å². The van der Waals surface area contributed by atoms with Crippen LogP contribution in [0.25, 0.3) is 0 Å². The van der Waals surface area contributed by atoms with Gasteiger partial charge in [-0.15, -0.1) is 0 Å². The third-order valence-corrected chi connectivity index (χ3v) is 3.18. The zero-order valence-electron chi connectivity index (χ0n) is 9.48. The number of phenolic OH excluding ortho intramolecular Hbond substituents is 2. The summed E-state index contributed by atoms with van der Waals surface area (Å²) in [5, 5.41) is 22.0. The highest BCUT2D eigenvalue weighted by Crippen LogP contribution is 2.29. The molecule has 1 fully saturated rings. The van der Waals surface area contributed by atoms with E-state index in [0.717, 1.165) is 31.7 Å². The Morgan fingerprint density at radius 2 is 1.88 bits per heavy atom. The molecule has 2 rings (SSSR count). The predicted octanol–water partition coefficient (Wildman–Crippen LogP) is 1.06. The summed E-state index contributed by atoms with van der Waals surface area (Å²) in [6, 6.07) is 5.32. The summed E-state index contributed by atoms with van der Waals surface area (Å²) in [6.07, 6.45) is 0. The first-order chi connectivity index (χ1) is 7.68. The van der Waals surface area contributed by atoms with Gasteiger partial charge < -0.3 is 15.5 Å². The average molecular weight is 222 g/mol. The first-order valence-electron chi connectivity index (χ1n) is 5.65. The van der Waals surface area contributed by atoms with Crippen LogP contribution < -0.4 is 5.32 Å². The Morgan fingerprint density at radius 3 is 2.50 bits per heavy atom. The van der Waals surface area contributed by atoms with Gasteiger partial charge in [-0.1, -0.05) is 6.07 Å². The van der Waals surface area contributed by atoms with E-state index < -0.39 is 0 Å². The number of piperazine rings is 1. The molecule has 0 unspecified atom stereocenters. The van der Waals surface area contributed by atoms with E-state index >= 15 is 0 Å². The number of nitrogens with zero attached hydrogens (tertiary/aromatic N) is 1. The second kappa shape index (κ2) is 4.72. The number of rotatable bonds is 2. The van der Waals surface area contributed by atoms with Crippen molar-refractivity contribution in [3.05, 3.63) is 23.8 Å². The minimum absolute atomic E-state index is 0.0421. The summed E-state index contributed by atoms with van der Waals surface area (Å²) < 4.78 is 0. The molecule has 0 amide bonds. The summed E-state index contributed by atoms with van der Waals surface area (Å²) >= 11 is 0. The van der Waals surface area contributed by atoms with Crippen LogP contribution in [0.1, 0.15) is 18.5 Å². The maximum absolute atomic E-state index is 9.47. The topological polar surface area (TPSA) is 55.7 Å². The van der Waals surface area contributed by atoms with Gasteiger partial charge in [-0.2, -0.15) is 0 Å². The molecule has 16 heavy (non-hydrogen) atoms. The molecule has 0 spiro atoms. The molecule has 3 N–H and O–H groups in total. The van der Waals surface area contributed by atoms with Crippen LogP contribution in [-0.4, -0.2) is 41.3 Å². The zero-order valence-corrected chi connectivity index (χ0v) is 9.48. The molecule has 1 atom stereocenters. The summed E-state index contributed by atoms with van der Waals surface area (Å²) in [5.74, 6) is -0.101. The molecule has 0 bridgehead atoms. The summed E-state index contributed by atoms with van der Waals surface area (Å²) in [6.45, 7) is 6.17. The minimum atomic E-state index is -0.0590. The Bertz CT molecular complexity index is 362. The number of nitrogens with one attached hydrogen (secondary N) is 1. The van der Waals surface area contributed by atoms with E-state index in [-0.39, 0.29) is 17.5 Å². The van der Waals surface area contributed by atoms with Crippen LogP contribution in [0.15, 0.2) is 18.2 Å². The van der Waals surface area contributed by atoms with Gasteiger partial charge in [-0.25, -0.2) is 0 Å². The standard InChI is InChI=1S/C12H18N2O2/c1-9(14-6-4-13-5-7-14)10-2-3-11(15)12(16)8-10/h2-3,8-9,13,15-16H,4-7H2,1H3/t9-/m1/s1. The van der Waals surface area contributed by atoms with Gasteiger partial charge >= 0.3 is 0 Å². The molecular weight excluding hydrogens is 204 g/mol. The van der Waals surface area contributed by atoms with Crippen molar-refractivity contribution in [2.45, 2.75) is 13.0 Å². The fourth-order valence-corrected chi connectivity index (χ4v) is 2.08. The molecule has 1 saturated heterocycles. The van der Waals surface area contributed by atoms with Crippen molar-refractivity contribution in [3.63, 3.8) is 0 Å². The van der Waals surface area contributed by atoms with E-state index in [0.29, 0.717) is 0 Å². The number of aromatic hydroxyl groups is 2. The minimum Gasteiger partial charge on any atom is -0.504 e. The second-order valence-corrected chi connectivity index (χ2v) is 4.21. The average Bonchev–Trinajstić information content (AvgIpc) is 2.33. The predicted molar refractivity (Wildman–Crippen MR) is 62.6 cm³/mol. The fourth-order valence-electron chi connectivity index (χ4n) is 2.08. The Balaban J connectivity index is 2.12. The quantitative estimate of drug-likeness (QED) is 0.655. The summed E-state index contributed by atoms with van der Waals surface area (Å²) in [7, 11) is 0. The molecule has 0 aliphatic carbocycles. The lowest BCUT2D eigenvalue weighted by Crippen LogP contribution is -2.44. The Kier molecular flexibility index (Phi) is 3.31. The van der Waals surface area contributed by atoms with Crippen molar-refractivity contribution < 1.29 is 10.2 Å². The number of hydrogen-bond acceptors (Lipinski definition) is 4. The maximum Gasteiger partial charge on any atom is 0.157 e. The van der Waals surface area contributed by atoms with Crippen molar-refractivity contribution in [3.8, 4) is 11.5 Å². The number of benzene rings is 1. The van der Waals surface area contributed by atoms with Crippen LogP contribution >= 0.6 is 0 Å². The van der Waals surface area contributed by atoms with E-state index in [1.165, 1.54) is 0 Å². The SMILES string of the molecule is C[C@H](c1ccc(O)c(O)c1)N1CCNCC1. The Labute approximate surface area is 95.5 Å². The van der Waals surface area contributed by atoms with Crippen LogP contribution in [0.2, 0.25) is 0 Å². The second-order valence-electron chi connectivity index (χ2n) is 4.21. The molecule has 0 radical (unpaired) electrons. The van der Waals surface area contributed by atoms with Gasteiger partial charge in [0, 0.05) is 32.2 Å². The number of hydrogen-bond donors (Lipinski definition) is 3. The van der Waals surface area contributed by atoms with Gasteiger partial charge in [0.05, 0.1) is 0 Å². The van der Waals surface area contributed by atoms with Crippen LogP contribution in [-0.2, 0) is 0 Å². The highest BCUT2D eigenvalue weighted by Gasteiger charge is 2.18. The molecule has 1 aliphatic heterocycles. The third kappa shape index (κ3) is 2.28. The van der Waals surface area contributed by atoms with E-state index in [2.05, 4.69) is 17.1 Å². The van der Waals surface area contributed by atoms with Crippen LogP contribution in [0.3, 0.4) is 0 Å². The van der Waals surface area contributed by atoms with Crippen molar-refractivity contribution in [1.29, 1.82) is 0 Å². The van der Waals surface area contributed by atoms with Gasteiger partial charge in [0.2, 0.25) is 0 Å². The van der Waals surface area contributed by atoms with Crippen molar-refractivity contribution in [2.75, 3.05) is 26.2 Å². The molecule has 0 saturated carbocycles. The molecule has 0 aromatic heterocycles. The largest absolute Gasteiger partial charge is 0.504 e. The maximum atomic E-state index is 9.47. The molecule has 1 aliphatic rings. The molecule has 88 valence electrons. The molecular formula is C12H18N2O2. The molecule has 1 aromatic rings. The molecule has 1 heterocycles. The first-order valence-corrected chi connectivity index (χ1v) is 5.65. The third-order valence-electron chi connectivity index (χ3n) is 3.18. The summed E-state index contributed by atoms with van der Waals surface area (Å²) in [5.41, 5.74) is 1.04. The van der Waals surface area contributed by atoms with E-state index in [4.69, 9.17) is 0 Å². The van der Waals surface area contributed by atoms with Crippen LogP contribution in [0, 0.1) is 0 Å². The monoisotopic (exact) mass is 222 g/mol. The summed E-state index contributed by atoms with van der Waals surface area (Å²) in [4.78, 5) is 2.36. The Hall–Kier alpha value is -1.26. The highest BCUT2D eigenvalue weighted by atomic mass is 16.3. The van der Waals surface area contributed by atoms with Crippen molar-refractivity contribution >= 4 is 0 Å². The van der Waals surface area contributed by atoms with E-state index in [9.17, 15) is 10.2 Å². The molecule has 1 aromatic carbocycles. The lowest BCUT2D eigenvalue weighted by atomic mass is 10.1. The van der Waals surface area contributed by atoms with Crippen molar-refractivity contribution in [1.82, 2.24) is 10.2 Å². The lowest BCUT2D eigenvalue weighted by molar-refractivity contribution is 0.185. The lowest BCUT2D eigenvalue weighted by Gasteiger charge is -2.33. The van der Waals surface area contributed by atoms with E-state index in [1.54, 1.807) is 12.1 Å². The van der Waals surface area contributed by atoms with Gasteiger partial charge in [-0.3, -0.25) is 4.90 Å². The first kappa shape index (κ1) is 11.2. The van der Waals surface area contributed by atoms with Crippen LogP contribution in [0.4, 0.5) is 0 Å². The zero-order chi connectivity index (χ0) is 11.5. The van der Waals surface area contributed by atoms with Gasteiger partial charge in [-0.05, 0) is 24.6 Å². The molecule has 4 heteroatoms. The van der Waals surface area contributed by atoms with Crippen molar-refractivity contribution in [2.24, 2.45) is 0 Å². The number of phenols is 2. The molecule has 4 nitrogen and oxygen atoms in total. The van der Waals surface area contributed by atoms with Gasteiger partial charge in [0.1, 0.15) is 0 Å². The van der Waals surface area contributed by atoms with Gasteiger partial charge in [0.15, 0.2) is 11.5 Å². The normalized spacial score (nSPS) is 19.6. The smallest absolute Gasteiger partial charge is 0.157 e. The fraction of sp³-hybridized carbons (Fsp3) is 0.500. The highest BCUT2D eigenvalue weighted by molar-refractivity contribution is 5.41. The Morgan fingerprint density at radius 1 is 1.19 bits per heavy atom. The van der Waals surface area contributed by atoms with Crippen LogP contribution in [0.5, 0.6) is 11.5 Å². The van der Waals surface area contributed by atoms with E-state index in [1.807, 2.05) is 6.07 Å².